The fourth-order valence-electron chi connectivity index (χ4n) is 1.45. The fourth-order valence-corrected chi connectivity index (χ4v) is 1.45. The van der Waals surface area contributed by atoms with Crippen LogP contribution in [0.3, 0.4) is 0 Å². The molecule has 1 heterocycles. The Labute approximate surface area is 81.8 Å². The van der Waals surface area contributed by atoms with E-state index in [-0.39, 0.29) is 0 Å². The standard InChI is InChI=1S/C11H10N2O/c1-8-5-9-3-2-4-10(13-7-14)11(9)12-6-8/h2-7H,1H3,(H,13,14). The first-order valence-electron chi connectivity index (χ1n) is 4.37. The van der Waals surface area contributed by atoms with Crippen LogP contribution in [-0.2, 0) is 4.79 Å². The zero-order chi connectivity index (χ0) is 9.97. The molecule has 2 rings (SSSR count). The van der Waals surface area contributed by atoms with Crippen molar-refractivity contribution in [1.82, 2.24) is 4.98 Å². The summed E-state index contributed by atoms with van der Waals surface area (Å²) in [4.78, 5) is 14.6. The molecule has 0 unspecified atom stereocenters. The van der Waals surface area contributed by atoms with E-state index in [0.29, 0.717) is 6.41 Å². The van der Waals surface area contributed by atoms with E-state index in [0.717, 1.165) is 22.2 Å². The summed E-state index contributed by atoms with van der Waals surface area (Å²) in [5.74, 6) is 0. The molecule has 0 fully saturated rings. The molecule has 0 aliphatic carbocycles. The van der Waals surface area contributed by atoms with Crippen LogP contribution < -0.4 is 5.32 Å². The Balaban J connectivity index is 2.68. The lowest BCUT2D eigenvalue weighted by molar-refractivity contribution is -0.105. The highest BCUT2D eigenvalue weighted by Crippen LogP contribution is 2.20. The maximum Gasteiger partial charge on any atom is 0.211 e. The van der Waals surface area contributed by atoms with Gasteiger partial charge in [0, 0.05) is 11.6 Å². The van der Waals surface area contributed by atoms with Gasteiger partial charge < -0.3 is 5.32 Å². The Morgan fingerprint density at radius 2 is 2.29 bits per heavy atom. The first-order valence-corrected chi connectivity index (χ1v) is 4.37. The van der Waals surface area contributed by atoms with Gasteiger partial charge in [0.2, 0.25) is 6.41 Å². The normalized spacial score (nSPS) is 10.1. The van der Waals surface area contributed by atoms with Gasteiger partial charge in [-0.05, 0) is 24.6 Å². The SMILES string of the molecule is Cc1cnc2c(NC=O)cccc2c1. The van der Waals surface area contributed by atoms with Gasteiger partial charge >= 0.3 is 0 Å². The van der Waals surface area contributed by atoms with E-state index in [2.05, 4.69) is 10.3 Å². The van der Waals surface area contributed by atoms with Gasteiger partial charge in [0.05, 0.1) is 11.2 Å². The first-order chi connectivity index (χ1) is 6.81. The lowest BCUT2D eigenvalue weighted by Gasteiger charge is -2.03. The smallest absolute Gasteiger partial charge is 0.211 e. The molecule has 0 saturated heterocycles. The van der Waals surface area contributed by atoms with E-state index in [9.17, 15) is 4.79 Å². The molecule has 1 aromatic carbocycles. The highest BCUT2D eigenvalue weighted by Gasteiger charge is 2.00. The third-order valence-corrected chi connectivity index (χ3v) is 2.06. The van der Waals surface area contributed by atoms with Crippen LogP contribution >= 0.6 is 0 Å². The summed E-state index contributed by atoms with van der Waals surface area (Å²) in [6, 6.07) is 7.75. The largest absolute Gasteiger partial charge is 0.327 e. The summed E-state index contributed by atoms with van der Waals surface area (Å²) in [7, 11) is 0. The minimum atomic E-state index is 0.663. The Morgan fingerprint density at radius 3 is 3.07 bits per heavy atom. The second kappa shape index (κ2) is 3.46. The van der Waals surface area contributed by atoms with Crippen LogP contribution in [0, 0.1) is 6.92 Å². The number of hydrogen-bond donors (Lipinski definition) is 1. The molecule has 2 aromatic rings. The van der Waals surface area contributed by atoms with Gasteiger partial charge in [0.25, 0.3) is 0 Å². The number of amides is 1. The number of para-hydroxylation sites is 1. The van der Waals surface area contributed by atoms with Crippen LogP contribution in [0.5, 0.6) is 0 Å². The molecule has 0 atom stereocenters. The molecular weight excluding hydrogens is 176 g/mol. The van der Waals surface area contributed by atoms with Crippen molar-refractivity contribution < 1.29 is 4.79 Å². The summed E-state index contributed by atoms with van der Waals surface area (Å²) in [6.07, 6.45) is 2.45. The first kappa shape index (κ1) is 8.69. The van der Waals surface area contributed by atoms with Crippen LogP contribution in [0.1, 0.15) is 5.56 Å². The van der Waals surface area contributed by atoms with Crippen molar-refractivity contribution in [1.29, 1.82) is 0 Å². The number of fused-ring (bicyclic) bond motifs is 1. The quantitative estimate of drug-likeness (QED) is 0.730. The van der Waals surface area contributed by atoms with Crippen LogP contribution in [0.15, 0.2) is 30.5 Å². The maximum atomic E-state index is 10.3. The number of nitrogens with one attached hydrogen (secondary N) is 1. The van der Waals surface area contributed by atoms with Crippen molar-refractivity contribution in [2.45, 2.75) is 6.92 Å². The summed E-state index contributed by atoms with van der Waals surface area (Å²) in [5, 5.41) is 3.67. The van der Waals surface area contributed by atoms with Crippen LogP contribution in [0.25, 0.3) is 10.9 Å². The molecule has 0 aliphatic rings. The highest BCUT2D eigenvalue weighted by molar-refractivity contribution is 5.94. The highest BCUT2D eigenvalue weighted by atomic mass is 16.1. The van der Waals surface area contributed by atoms with Gasteiger partial charge in [-0.2, -0.15) is 0 Å². The molecule has 1 N–H and O–H groups in total. The number of carbonyl (C=O) groups is 1. The maximum absolute atomic E-state index is 10.3. The van der Waals surface area contributed by atoms with Crippen LogP contribution in [-0.4, -0.2) is 11.4 Å². The van der Waals surface area contributed by atoms with Crippen molar-refractivity contribution in [2.75, 3.05) is 5.32 Å². The van der Waals surface area contributed by atoms with E-state index >= 15 is 0 Å². The number of carbonyl (C=O) groups excluding carboxylic acids is 1. The molecule has 0 radical (unpaired) electrons. The molecule has 0 aliphatic heterocycles. The molecule has 0 spiro atoms. The number of hydrogen-bond acceptors (Lipinski definition) is 2. The molecule has 1 amide bonds. The second-order valence-corrected chi connectivity index (χ2v) is 3.15. The number of anilines is 1. The van der Waals surface area contributed by atoms with Crippen LogP contribution in [0.2, 0.25) is 0 Å². The monoisotopic (exact) mass is 186 g/mol. The predicted molar refractivity (Wildman–Crippen MR) is 56.2 cm³/mol. The molecule has 3 nitrogen and oxygen atoms in total. The van der Waals surface area contributed by atoms with Gasteiger partial charge in [-0.15, -0.1) is 0 Å². The molecule has 0 bridgehead atoms. The minimum absolute atomic E-state index is 0.663. The average molecular weight is 186 g/mol. The predicted octanol–water partition coefficient (Wildman–Crippen LogP) is 2.11. The number of benzene rings is 1. The third-order valence-electron chi connectivity index (χ3n) is 2.06. The summed E-state index contributed by atoms with van der Waals surface area (Å²) in [6.45, 7) is 1.99. The van der Waals surface area contributed by atoms with Gasteiger partial charge in [0.15, 0.2) is 0 Å². The van der Waals surface area contributed by atoms with E-state index < -0.39 is 0 Å². The van der Waals surface area contributed by atoms with Crippen molar-refractivity contribution in [2.24, 2.45) is 0 Å². The van der Waals surface area contributed by atoms with Crippen LogP contribution in [0.4, 0.5) is 5.69 Å². The number of nitrogens with zero attached hydrogens (tertiary/aromatic N) is 1. The van der Waals surface area contributed by atoms with E-state index in [4.69, 9.17) is 0 Å². The Hall–Kier alpha value is -1.90. The molecule has 0 saturated carbocycles. The zero-order valence-corrected chi connectivity index (χ0v) is 7.82. The number of pyridine rings is 1. The van der Waals surface area contributed by atoms with Gasteiger partial charge in [-0.3, -0.25) is 9.78 Å². The number of aryl methyl sites for hydroxylation is 1. The van der Waals surface area contributed by atoms with Gasteiger partial charge in [-0.1, -0.05) is 12.1 Å². The number of rotatable bonds is 2. The number of aromatic nitrogens is 1. The molecule has 1 aromatic heterocycles. The topological polar surface area (TPSA) is 42.0 Å². The van der Waals surface area contributed by atoms with E-state index in [1.165, 1.54) is 0 Å². The van der Waals surface area contributed by atoms with Crippen molar-refractivity contribution in [3.05, 3.63) is 36.0 Å². The lowest BCUT2D eigenvalue weighted by Crippen LogP contribution is -1.95. The van der Waals surface area contributed by atoms with Crippen molar-refractivity contribution in [3.8, 4) is 0 Å². The summed E-state index contributed by atoms with van der Waals surface area (Å²) in [5.41, 5.74) is 2.68. The van der Waals surface area contributed by atoms with E-state index in [1.54, 1.807) is 6.20 Å². The Kier molecular flexibility index (Phi) is 2.14. The second-order valence-electron chi connectivity index (χ2n) is 3.15. The van der Waals surface area contributed by atoms with E-state index in [1.807, 2.05) is 31.2 Å². The summed E-state index contributed by atoms with van der Waals surface area (Å²) >= 11 is 0. The third kappa shape index (κ3) is 1.44. The Morgan fingerprint density at radius 1 is 1.43 bits per heavy atom. The lowest BCUT2D eigenvalue weighted by atomic mass is 10.1. The fraction of sp³-hybridized carbons (Fsp3) is 0.0909. The molecule has 70 valence electrons. The molecule has 3 heteroatoms. The average Bonchev–Trinajstić information content (AvgIpc) is 2.18. The molecule has 14 heavy (non-hydrogen) atoms. The van der Waals surface area contributed by atoms with Crippen molar-refractivity contribution in [3.63, 3.8) is 0 Å². The minimum Gasteiger partial charge on any atom is -0.327 e. The molecular formula is C11H10N2O. The van der Waals surface area contributed by atoms with Gasteiger partial charge in [-0.25, -0.2) is 0 Å². The van der Waals surface area contributed by atoms with Gasteiger partial charge in [0.1, 0.15) is 0 Å². The summed E-state index contributed by atoms with van der Waals surface area (Å²) < 4.78 is 0. The zero-order valence-electron chi connectivity index (χ0n) is 7.82. The Bertz CT molecular complexity index is 480. The van der Waals surface area contributed by atoms with Crippen molar-refractivity contribution >= 4 is 23.0 Å².